The van der Waals surface area contributed by atoms with Crippen LogP contribution in [0.15, 0.2) is 48.5 Å². The van der Waals surface area contributed by atoms with E-state index in [-0.39, 0.29) is 24.8 Å². The van der Waals surface area contributed by atoms with E-state index in [2.05, 4.69) is 86.0 Å². The minimum absolute atomic E-state index is 0.181. The minimum Gasteiger partial charge on any atom is -0.369 e. The minimum atomic E-state index is 0.181. The molecule has 0 amide bonds. The molecule has 0 saturated heterocycles. The summed E-state index contributed by atoms with van der Waals surface area (Å²) in [7, 11) is 0. The van der Waals surface area contributed by atoms with Gasteiger partial charge in [0.15, 0.2) is 11.6 Å². The highest BCUT2D eigenvalue weighted by molar-refractivity contribution is 5.80. The van der Waals surface area contributed by atoms with E-state index in [0.29, 0.717) is 26.1 Å². The van der Waals surface area contributed by atoms with Gasteiger partial charge >= 0.3 is 0 Å². The molecule has 0 aliphatic heterocycles. The van der Waals surface area contributed by atoms with E-state index in [1.807, 2.05) is 0 Å². The zero-order valence-electron chi connectivity index (χ0n) is 35.4. The van der Waals surface area contributed by atoms with Crippen molar-refractivity contribution in [2.45, 2.75) is 169 Å². The van der Waals surface area contributed by atoms with Crippen molar-refractivity contribution in [1.82, 2.24) is 9.80 Å². The van der Waals surface area contributed by atoms with Gasteiger partial charge in [0, 0.05) is 12.8 Å². The molecule has 0 atom stereocenters. The van der Waals surface area contributed by atoms with Crippen LogP contribution in [0.1, 0.15) is 167 Å². The first-order valence-electron chi connectivity index (χ1n) is 22.3. The molecule has 0 aromatic heterocycles. The molecule has 0 heterocycles. The summed E-state index contributed by atoms with van der Waals surface area (Å²) in [5, 5.41) is 0. The number of nitrogens with zero attached hydrogens (tertiary/aromatic N) is 2. The molecule has 0 aliphatic carbocycles. The van der Waals surface area contributed by atoms with Crippen molar-refractivity contribution in [2.75, 3.05) is 52.5 Å². The highest BCUT2D eigenvalue weighted by atomic mass is 16.5. The number of hydrogen-bond acceptors (Lipinski definition) is 6. The average Bonchev–Trinajstić information content (AvgIpc) is 3.18. The maximum Gasteiger partial charge on any atom is 0.158 e. The van der Waals surface area contributed by atoms with Crippen molar-refractivity contribution in [2.24, 2.45) is 0 Å². The monoisotopic (exact) mass is 749 g/mol. The molecular formula is C48H80N2O4. The summed E-state index contributed by atoms with van der Waals surface area (Å²) in [5.41, 5.74) is 4.40. The number of hydrogen-bond donors (Lipinski definition) is 0. The number of rotatable bonds is 37. The van der Waals surface area contributed by atoms with Crippen LogP contribution in [0.5, 0.6) is 0 Å². The first kappa shape index (κ1) is 47.8. The number of ketones is 2. The lowest BCUT2D eigenvalue weighted by Crippen LogP contribution is -2.28. The van der Waals surface area contributed by atoms with Crippen LogP contribution < -0.4 is 0 Å². The fraction of sp³-hybridized carbons (Fsp3) is 0.708. The smallest absolute Gasteiger partial charge is 0.158 e. The Bertz CT molecular complexity index is 1090. The standard InChI is InChI=1S/C48H80N2O4/c1-5-9-13-15-17-19-35-49(33-11-7-3)37-21-23-47(51)41-53-39-43-25-29-45(30-26-43)46-31-27-44(28-32-46)40-54-42-48(52)24-22-38-50(34-12-8-4)36-20-18-16-14-10-6-2/h25-32H,5-24,33-42H2,1-4H3. The lowest BCUT2D eigenvalue weighted by molar-refractivity contribution is -0.124. The molecule has 0 unspecified atom stereocenters. The number of Topliss-reactive ketones (excluding diaryl/α,β-unsaturated/α-hetero) is 2. The molecule has 2 rings (SSSR count). The first-order valence-corrected chi connectivity index (χ1v) is 22.3. The molecule has 0 spiro atoms. The Morgan fingerprint density at radius 1 is 0.407 bits per heavy atom. The lowest BCUT2D eigenvalue weighted by atomic mass is 10.0. The first-order chi connectivity index (χ1) is 26.5. The van der Waals surface area contributed by atoms with E-state index in [1.165, 1.54) is 103 Å². The van der Waals surface area contributed by atoms with Crippen LogP contribution in [0.3, 0.4) is 0 Å². The van der Waals surface area contributed by atoms with Crippen LogP contribution >= 0.6 is 0 Å². The summed E-state index contributed by atoms with van der Waals surface area (Å²) in [5.74, 6) is 0.386. The van der Waals surface area contributed by atoms with Crippen LogP contribution in [0, 0.1) is 0 Å². The third-order valence-corrected chi connectivity index (χ3v) is 10.5. The van der Waals surface area contributed by atoms with E-state index in [1.54, 1.807) is 0 Å². The van der Waals surface area contributed by atoms with Crippen molar-refractivity contribution in [1.29, 1.82) is 0 Å². The maximum absolute atomic E-state index is 12.5. The largest absolute Gasteiger partial charge is 0.369 e. The van der Waals surface area contributed by atoms with Gasteiger partial charge in [-0.15, -0.1) is 0 Å². The van der Waals surface area contributed by atoms with Crippen molar-refractivity contribution >= 4 is 11.6 Å². The molecule has 0 bridgehead atoms. The summed E-state index contributed by atoms with van der Waals surface area (Å²) in [6.45, 7) is 16.9. The quantitative estimate of drug-likeness (QED) is 0.0641. The number of benzene rings is 2. The second-order valence-corrected chi connectivity index (χ2v) is 15.6. The summed E-state index contributed by atoms with van der Waals surface area (Å²) >= 11 is 0. The van der Waals surface area contributed by atoms with Crippen molar-refractivity contribution in [3.63, 3.8) is 0 Å². The van der Waals surface area contributed by atoms with Gasteiger partial charge in [-0.05, 0) is 100 Å². The van der Waals surface area contributed by atoms with Crippen LogP contribution in [0.4, 0.5) is 0 Å². The van der Waals surface area contributed by atoms with Gasteiger partial charge in [0.05, 0.1) is 13.2 Å². The molecule has 6 nitrogen and oxygen atoms in total. The fourth-order valence-corrected chi connectivity index (χ4v) is 6.96. The molecule has 0 fully saturated rings. The van der Waals surface area contributed by atoms with Gasteiger partial charge in [-0.3, -0.25) is 9.59 Å². The van der Waals surface area contributed by atoms with Crippen molar-refractivity contribution < 1.29 is 19.1 Å². The SMILES string of the molecule is CCCCCCCCN(CCCC)CCCC(=O)COCc1ccc(-c2ccc(COCC(=O)CCCN(CCCC)CCCCCCCC)cc2)cc1. The Hall–Kier alpha value is -2.38. The van der Waals surface area contributed by atoms with Gasteiger partial charge in [-0.2, -0.15) is 0 Å². The summed E-state index contributed by atoms with van der Waals surface area (Å²) in [4.78, 5) is 30.2. The second-order valence-electron chi connectivity index (χ2n) is 15.6. The molecule has 2 aromatic carbocycles. The van der Waals surface area contributed by atoms with E-state index in [4.69, 9.17) is 9.47 Å². The van der Waals surface area contributed by atoms with Gasteiger partial charge in [0.1, 0.15) is 13.2 Å². The molecule has 6 heteroatoms. The Labute approximate surface area is 332 Å². The molecule has 54 heavy (non-hydrogen) atoms. The Morgan fingerprint density at radius 2 is 0.722 bits per heavy atom. The van der Waals surface area contributed by atoms with Crippen LogP contribution in [-0.2, 0) is 32.3 Å². The van der Waals surface area contributed by atoms with E-state index < -0.39 is 0 Å². The van der Waals surface area contributed by atoms with Gasteiger partial charge < -0.3 is 19.3 Å². The number of unbranched alkanes of at least 4 members (excludes halogenated alkanes) is 12. The Balaban J connectivity index is 1.62. The Kier molecular flexibility index (Phi) is 29.0. The topological polar surface area (TPSA) is 59.1 Å². The van der Waals surface area contributed by atoms with Gasteiger partial charge in [0.25, 0.3) is 0 Å². The lowest BCUT2D eigenvalue weighted by Gasteiger charge is -2.22. The van der Waals surface area contributed by atoms with Crippen molar-refractivity contribution in [3.05, 3.63) is 59.7 Å². The molecule has 0 N–H and O–H groups in total. The summed E-state index contributed by atoms with van der Waals surface area (Å²) in [6.07, 6.45) is 23.8. The van der Waals surface area contributed by atoms with Gasteiger partial charge in [-0.25, -0.2) is 0 Å². The third-order valence-electron chi connectivity index (χ3n) is 10.5. The zero-order chi connectivity index (χ0) is 38.9. The number of carbonyl (C=O) groups excluding carboxylic acids is 2. The highest BCUT2D eigenvalue weighted by Crippen LogP contribution is 2.21. The van der Waals surface area contributed by atoms with E-state index in [0.717, 1.165) is 74.4 Å². The zero-order valence-corrected chi connectivity index (χ0v) is 35.4. The summed E-state index contributed by atoms with van der Waals surface area (Å²) in [6, 6.07) is 16.7. The van der Waals surface area contributed by atoms with Gasteiger partial charge in [-0.1, -0.05) is 153 Å². The Morgan fingerprint density at radius 3 is 1.09 bits per heavy atom. The van der Waals surface area contributed by atoms with Crippen LogP contribution in [0.2, 0.25) is 0 Å². The summed E-state index contributed by atoms with van der Waals surface area (Å²) < 4.78 is 11.6. The molecule has 306 valence electrons. The van der Waals surface area contributed by atoms with Crippen LogP contribution in [0.25, 0.3) is 11.1 Å². The van der Waals surface area contributed by atoms with Crippen molar-refractivity contribution in [3.8, 4) is 11.1 Å². The van der Waals surface area contributed by atoms with E-state index in [9.17, 15) is 9.59 Å². The van der Waals surface area contributed by atoms with Gasteiger partial charge in [0.2, 0.25) is 0 Å². The third kappa shape index (κ3) is 24.2. The normalized spacial score (nSPS) is 11.6. The fourth-order valence-electron chi connectivity index (χ4n) is 6.96. The molecule has 2 aromatic rings. The molecule has 0 aliphatic rings. The number of carbonyl (C=O) groups is 2. The molecule has 0 saturated carbocycles. The number of ether oxygens (including phenoxy) is 2. The highest BCUT2D eigenvalue weighted by Gasteiger charge is 2.10. The predicted octanol–water partition coefficient (Wildman–Crippen LogP) is 12.0. The van der Waals surface area contributed by atoms with E-state index >= 15 is 0 Å². The van der Waals surface area contributed by atoms with Crippen LogP contribution in [-0.4, -0.2) is 73.8 Å². The molecular weight excluding hydrogens is 669 g/mol. The second kappa shape index (κ2) is 32.8. The maximum atomic E-state index is 12.5. The molecule has 0 radical (unpaired) electrons. The average molecular weight is 749 g/mol. The predicted molar refractivity (Wildman–Crippen MR) is 229 cm³/mol.